The number of benzene rings is 1. The van der Waals surface area contributed by atoms with Gasteiger partial charge in [-0.3, -0.25) is 4.90 Å². The standard InChI is InChI=1S/C15H18ClN/c1-2-10-17-11-4-3-5-15(17)12-13-6-8-14(16)9-7-13/h1,6-9,15H,3-5,10-12H2. The van der Waals surface area contributed by atoms with Crippen molar-refractivity contribution in [3.05, 3.63) is 34.9 Å². The summed E-state index contributed by atoms with van der Waals surface area (Å²) in [6, 6.07) is 8.76. The van der Waals surface area contributed by atoms with Crippen LogP contribution in [-0.4, -0.2) is 24.0 Å². The lowest BCUT2D eigenvalue weighted by Gasteiger charge is -2.34. The molecule has 1 aromatic carbocycles. The van der Waals surface area contributed by atoms with Gasteiger partial charge in [-0.1, -0.05) is 36.1 Å². The number of hydrogen-bond acceptors (Lipinski definition) is 1. The number of rotatable bonds is 3. The predicted octanol–water partition coefficient (Wildman–Crippen LogP) is 3.37. The summed E-state index contributed by atoms with van der Waals surface area (Å²) in [4.78, 5) is 2.43. The second kappa shape index (κ2) is 6.10. The third kappa shape index (κ3) is 3.49. The Morgan fingerprint density at radius 3 is 2.76 bits per heavy atom. The van der Waals surface area contributed by atoms with Crippen molar-refractivity contribution in [2.75, 3.05) is 13.1 Å². The molecule has 1 aliphatic heterocycles. The SMILES string of the molecule is C#CCN1CCCCC1Cc1ccc(Cl)cc1. The Morgan fingerprint density at radius 2 is 2.06 bits per heavy atom. The molecule has 0 aromatic heterocycles. The Kier molecular flexibility index (Phi) is 4.48. The highest BCUT2D eigenvalue weighted by atomic mass is 35.5. The third-order valence-electron chi connectivity index (χ3n) is 3.43. The summed E-state index contributed by atoms with van der Waals surface area (Å²) in [6.45, 7) is 1.92. The first-order valence-electron chi connectivity index (χ1n) is 6.21. The first-order valence-corrected chi connectivity index (χ1v) is 6.59. The summed E-state index contributed by atoms with van der Waals surface area (Å²) in [7, 11) is 0. The topological polar surface area (TPSA) is 3.24 Å². The number of terminal acetylenes is 1. The summed E-state index contributed by atoms with van der Waals surface area (Å²) in [5.41, 5.74) is 1.35. The highest BCUT2D eigenvalue weighted by Crippen LogP contribution is 2.21. The van der Waals surface area contributed by atoms with E-state index in [9.17, 15) is 0 Å². The number of likely N-dealkylation sites (tertiary alicyclic amines) is 1. The van der Waals surface area contributed by atoms with Gasteiger partial charge in [0.25, 0.3) is 0 Å². The lowest BCUT2D eigenvalue weighted by Crippen LogP contribution is -2.40. The minimum atomic E-state index is 0.598. The lowest BCUT2D eigenvalue weighted by atomic mass is 9.96. The molecule has 2 heteroatoms. The van der Waals surface area contributed by atoms with Crippen LogP contribution in [0.25, 0.3) is 0 Å². The fourth-order valence-electron chi connectivity index (χ4n) is 2.51. The van der Waals surface area contributed by atoms with E-state index in [4.69, 9.17) is 18.0 Å². The fraction of sp³-hybridized carbons (Fsp3) is 0.467. The fourth-order valence-corrected chi connectivity index (χ4v) is 2.64. The molecule has 1 aliphatic rings. The van der Waals surface area contributed by atoms with Crippen molar-refractivity contribution in [2.24, 2.45) is 0 Å². The van der Waals surface area contributed by atoms with Crippen LogP contribution in [0, 0.1) is 12.3 Å². The monoisotopic (exact) mass is 247 g/mol. The van der Waals surface area contributed by atoms with Crippen molar-refractivity contribution in [3.63, 3.8) is 0 Å². The highest BCUT2D eigenvalue weighted by Gasteiger charge is 2.21. The predicted molar refractivity (Wildman–Crippen MR) is 73.2 cm³/mol. The number of nitrogens with zero attached hydrogens (tertiary/aromatic N) is 1. The smallest absolute Gasteiger partial charge is 0.0601 e. The second-order valence-corrected chi connectivity index (χ2v) is 5.09. The van der Waals surface area contributed by atoms with E-state index < -0.39 is 0 Å². The Hall–Kier alpha value is -0.970. The minimum absolute atomic E-state index is 0.598. The maximum absolute atomic E-state index is 5.90. The van der Waals surface area contributed by atoms with Crippen LogP contribution in [-0.2, 0) is 6.42 Å². The van der Waals surface area contributed by atoms with Crippen molar-refractivity contribution >= 4 is 11.6 Å². The average molecular weight is 248 g/mol. The van der Waals surface area contributed by atoms with Gasteiger partial charge in [-0.25, -0.2) is 0 Å². The molecule has 0 spiro atoms. The Labute approximate surface area is 109 Å². The molecule has 0 amide bonds. The molecular formula is C15H18ClN. The zero-order chi connectivity index (χ0) is 12.1. The van der Waals surface area contributed by atoms with Gasteiger partial charge in [0.1, 0.15) is 0 Å². The van der Waals surface area contributed by atoms with Gasteiger partial charge < -0.3 is 0 Å². The van der Waals surface area contributed by atoms with Gasteiger partial charge >= 0.3 is 0 Å². The van der Waals surface area contributed by atoms with E-state index in [0.717, 1.165) is 24.5 Å². The summed E-state index contributed by atoms with van der Waals surface area (Å²) >= 11 is 5.90. The minimum Gasteiger partial charge on any atom is -0.289 e. The molecule has 1 heterocycles. The zero-order valence-corrected chi connectivity index (χ0v) is 10.8. The normalized spacial score (nSPS) is 21.1. The third-order valence-corrected chi connectivity index (χ3v) is 3.68. The summed E-state index contributed by atoms with van der Waals surface area (Å²) in [5.74, 6) is 2.77. The van der Waals surface area contributed by atoms with Gasteiger partial charge in [0, 0.05) is 11.1 Å². The van der Waals surface area contributed by atoms with E-state index in [1.165, 1.54) is 24.8 Å². The first-order chi connectivity index (χ1) is 8.29. The van der Waals surface area contributed by atoms with E-state index in [-0.39, 0.29) is 0 Å². The van der Waals surface area contributed by atoms with Gasteiger partial charge in [-0.05, 0) is 43.5 Å². The van der Waals surface area contributed by atoms with Crippen LogP contribution >= 0.6 is 11.6 Å². The molecule has 1 fully saturated rings. The first kappa shape index (κ1) is 12.5. The van der Waals surface area contributed by atoms with E-state index in [2.05, 4.69) is 23.0 Å². The lowest BCUT2D eigenvalue weighted by molar-refractivity contribution is 0.167. The van der Waals surface area contributed by atoms with Crippen molar-refractivity contribution in [3.8, 4) is 12.3 Å². The zero-order valence-electron chi connectivity index (χ0n) is 10.0. The quantitative estimate of drug-likeness (QED) is 0.741. The number of piperidine rings is 1. The number of halogens is 1. The van der Waals surface area contributed by atoms with Crippen LogP contribution in [0.2, 0.25) is 5.02 Å². The molecule has 0 N–H and O–H groups in total. The Bertz CT molecular complexity index is 390. The van der Waals surface area contributed by atoms with Gasteiger partial charge in [-0.2, -0.15) is 0 Å². The molecule has 1 unspecified atom stereocenters. The molecule has 17 heavy (non-hydrogen) atoms. The van der Waals surface area contributed by atoms with Crippen LogP contribution < -0.4 is 0 Å². The van der Waals surface area contributed by atoms with Crippen LogP contribution in [0.3, 0.4) is 0 Å². The largest absolute Gasteiger partial charge is 0.289 e. The second-order valence-electron chi connectivity index (χ2n) is 4.65. The van der Waals surface area contributed by atoms with Crippen molar-refractivity contribution in [1.29, 1.82) is 0 Å². The van der Waals surface area contributed by atoms with Gasteiger partial charge in [0.2, 0.25) is 0 Å². The van der Waals surface area contributed by atoms with Crippen LogP contribution in [0.5, 0.6) is 0 Å². The van der Waals surface area contributed by atoms with Gasteiger partial charge in [0.15, 0.2) is 0 Å². The summed E-state index contributed by atoms with van der Waals surface area (Å²) in [5, 5.41) is 0.804. The van der Waals surface area contributed by atoms with Crippen molar-refractivity contribution < 1.29 is 0 Å². The molecule has 1 atom stereocenters. The molecule has 0 saturated carbocycles. The molecule has 90 valence electrons. The van der Waals surface area contributed by atoms with E-state index in [1.54, 1.807) is 0 Å². The summed E-state index contributed by atoms with van der Waals surface area (Å²) in [6.07, 6.45) is 10.4. The molecule has 1 nitrogen and oxygen atoms in total. The maximum Gasteiger partial charge on any atom is 0.0601 e. The number of hydrogen-bond donors (Lipinski definition) is 0. The van der Waals surface area contributed by atoms with E-state index in [0.29, 0.717) is 6.04 Å². The highest BCUT2D eigenvalue weighted by molar-refractivity contribution is 6.30. The molecule has 0 aliphatic carbocycles. The Morgan fingerprint density at radius 1 is 1.29 bits per heavy atom. The maximum atomic E-state index is 5.90. The van der Waals surface area contributed by atoms with Gasteiger partial charge in [-0.15, -0.1) is 6.42 Å². The molecule has 0 radical (unpaired) electrons. The molecule has 2 rings (SSSR count). The van der Waals surface area contributed by atoms with Crippen molar-refractivity contribution in [2.45, 2.75) is 31.7 Å². The molecule has 1 saturated heterocycles. The van der Waals surface area contributed by atoms with Crippen LogP contribution in [0.15, 0.2) is 24.3 Å². The average Bonchev–Trinajstić information content (AvgIpc) is 2.35. The summed E-state index contributed by atoms with van der Waals surface area (Å²) < 4.78 is 0. The Balaban J connectivity index is 2.00. The van der Waals surface area contributed by atoms with E-state index in [1.807, 2.05) is 12.1 Å². The van der Waals surface area contributed by atoms with Crippen LogP contribution in [0.4, 0.5) is 0 Å². The molecule has 0 bridgehead atoms. The van der Waals surface area contributed by atoms with E-state index >= 15 is 0 Å². The molecular weight excluding hydrogens is 230 g/mol. The molecule has 1 aromatic rings. The van der Waals surface area contributed by atoms with Crippen LogP contribution in [0.1, 0.15) is 24.8 Å². The van der Waals surface area contributed by atoms with Crippen molar-refractivity contribution in [1.82, 2.24) is 4.90 Å². The van der Waals surface area contributed by atoms with Gasteiger partial charge in [0.05, 0.1) is 6.54 Å².